The molecule has 4 fully saturated rings. The molecule has 2 heterocycles. The van der Waals surface area contributed by atoms with Gasteiger partial charge in [0.25, 0.3) is 5.56 Å². The number of thioether (sulfide) groups is 1. The predicted molar refractivity (Wildman–Crippen MR) is 114 cm³/mol. The summed E-state index contributed by atoms with van der Waals surface area (Å²) in [4.78, 5) is 22.9. The lowest BCUT2D eigenvalue weighted by Gasteiger charge is -2.55. The summed E-state index contributed by atoms with van der Waals surface area (Å²) in [6, 6.07) is 10.2. The van der Waals surface area contributed by atoms with E-state index >= 15 is 0 Å². The molecule has 4 bridgehead atoms. The van der Waals surface area contributed by atoms with Gasteiger partial charge in [-0.2, -0.15) is 0 Å². The Balaban J connectivity index is 1.50. The average molecular weight is 407 g/mol. The van der Waals surface area contributed by atoms with Crippen LogP contribution >= 0.6 is 11.8 Å². The number of aromatic amines is 1. The standard InChI is InChI=1S/C23H26N4OS/c1-29-22-25-21(23-11-15-7-16(12-23)9-17(8-15)13-23)24-19-18(20(28)26-27(19)22)10-14-5-3-2-4-6-14/h2-6,15-17H,7-13H2,1H3,(H,26,28). The maximum Gasteiger partial charge on any atom is 0.270 e. The molecule has 0 radical (unpaired) electrons. The molecule has 1 N–H and O–H groups in total. The highest BCUT2D eigenvalue weighted by Gasteiger charge is 2.53. The molecule has 5 nitrogen and oxygen atoms in total. The van der Waals surface area contributed by atoms with Crippen LogP contribution in [0.5, 0.6) is 0 Å². The first-order chi connectivity index (χ1) is 14.1. The zero-order valence-corrected chi connectivity index (χ0v) is 17.5. The summed E-state index contributed by atoms with van der Waals surface area (Å²) in [6.07, 6.45) is 10.5. The Kier molecular flexibility index (Phi) is 3.95. The van der Waals surface area contributed by atoms with Crippen LogP contribution in [0.25, 0.3) is 5.65 Å². The molecule has 4 saturated carbocycles. The van der Waals surface area contributed by atoms with Gasteiger partial charge in [-0.3, -0.25) is 9.89 Å². The first kappa shape index (κ1) is 17.8. The molecule has 6 heteroatoms. The van der Waals surface area contributed by atoms with E-state index in [9.17, 15) is 4.79 Å². The highest BCUT2D eigenvalue weighted by Crippen LogP contribution is 2.60. The molecule has 0 amide bonds. The van der Waals surface area contributed by atoms with Gasteiger partial charge in [0.2, 0.25) is 0 Å². The smallest absolute Gasteiger partial charge is 0.268 e. The molecule has 0 unspecified atom stereocenters. The van der Waals surface area contributed by atoms with Gasteiger partial charge in [0.1, 0.15) is 5.82 Å². The monoisotopic (exact) mass is 406 g/mol. The fourth-order valence-corrected chi connectivity index (χ4v) is 7.19. The average Bonchev–Trinajstić information content (AvgIpc) is 3.02. The Bertz CT molecular complexity index is 1100. The lowest BCUT2D eigenvalue weighted by atomic mass is 9.49. The second kappa shape index (κ2) is 6.46. The molecule has 150 valence electrons. The number of nitrogens with one attached hydrogen (secondary N) is 1. The largest absolute Gasteiger partial charge is 0.270 e. The lowest BCUT2D eigenvalue weighted by molar-refractivity contribution is -0.00972. The van der Waals surface area contributed by atoms with Crippen molar-refractivity contribution in [2.24, 2.45) is 17.8 Å². The zero-order chi connectivity index (χ0) is 19.6. The van der Waals surface area contributed by atoms with E-state index in [0.717, 1.165) is 45.5 Å². The molecule has 0 saturated heterocycles. The van der Waals surface area contributed by atoms with E-state index < -0.39 is 0 Å². The summed E-state index contributed by atoms with van der Waals surface area (Å²) in [7, 11) is 0. The van der Waals surface area contributed by atoms with Crippen molar-refractivity contribution < 1.29 is 0 Å². The molecule has 0 aliphatic heterocycles. The maximum atomic E-state index is 12.8. The molecule has 0 spiro atoms. The topological polar surface area (TPSA) is 63.0 Å². The van der Waals surface area contributed by atoms with Gasteiger partial charge in [-0.25, -0.2) is 14.5 Å². The molecule has 2 aromatic heterocycles. The minimum atomic E-state index is -0.0545. The summed E-state index contributed by atoms with van der Waals surface area (Å²) >= 11 is 1.59. The van der Waals surface area contributed by atoms with E-state index in [-0.39, 0.29) is 11.0 Å². The van der Waals surface area contributed by atoms with Gasteiger partial charge in [0.05, 0.1) is 5.56 Å². The van der Waals surface area contributed by atoms with Crippen LogP contribution in [0.4, 0.5) is 0 Å². The van der Waals surface area contributed by atoms with Crippen molar-refractivity contribution in [1.82, 2.24) is 19.6 Å². The molecular weight excluding hydrogens is 380 g/mol. The van der Waals surface area contributed by atoms with Crippen LogP contribution in [-0.4, -0.2) is 25.8 Å². The Hall–Kier alpha value is -2.08. The SMILES string of the molecule is CSc1nc(C23CC4CC(CC(C4)C2)C3)nc2c(Cc3ccccc3)c(=O)[nH]n12. The summed E-state index contributed by atoms with van der Waals surface area (Å²) in [5, 5.41) is 3.83. The zero-order valence-electron chi connectivity index (χ0n) is 16.7. The van der Waals surface area contributed by atoms with Gasteiger partial charge in [0, 0.05) is 11.8 Å². The van der Waals surface area contributed by atoms with Gasteiger partial charge >= 0.3 is 0 Å². The molecule has 1 aromatic carbocycles. The normalized spacial score (nSPS) is 30.3. The summed E-state index contributed by atoms with van der Waals surface area (Å²) in [5.41, 5.74) is 2.72. The number of hydrogen-bond acceptors (Lipinski definition) is 4. The van der Waals surface area contributed by atoms with E-state index in [1.807, 2.05) is 24.5 Å². The van der Waals surface area contributed by atoms with E-state index in [2.05, 4.69) is 17.2 Å². The number of H-pyrrole nitrogens is 1. The fraction of sp³-hybridized carbons (Fsp3) is 0.522. The molecule has 4 aliphatic rings. The second-order valence-corrected chi connectivity index (χ2v) is 10.2. The molecule has 3 aromatic rings. The van der Waals surface area contributed by atoms with Crippen molar-refractivity contribution in [1.29, 1.82) is 0 Å². The summed E-state index contributed by atoms with van der Waals surface area (Å²) in [5.74, 6) is 3.53. The number of nitrogens with zero attached hydrogens (tertiary/aromatic N) is 3. The number of aromatic nitrogens is 4. The second-order valence-electron chi connectivity index (χ2n) is 9.47. The number of hydrogen-bond donors (Lipinski definition) is 1. The fourth-order valence-electron chi connectivity index (χ4n) is 6.70. The first-order valence-corrected chi connectivity index (χ1v) is 12.0. The Labute approximate surface area is 174 Å². The Morgan fingerprint density at radius 3 is 2.34 bits per heavy atom. The van der Waals surface area contributed by atoms with Crippen LogP contribution in [0.2, 0.25) is 0 Å². The highest BCUT2D eigenvalue weighted by atomic mass is 32.2. The van der Waals surface area contributed by atoms with Crippen LogP contribution in [-0.2, 0) is 11.8 Å². The van der Waals surface area contributed by atoms with Crippen LogP contribution in [0.1, 0.15) is 55.5 Å². The van der Waals surface area contributed by atoms with Crippen molar-refractivity contribution >= 4 is 17.4 Å². The Morgan fingerprint density at radius 2 is 1.72 bits per heavy atom. The minimum Gasteiger partial charge on any atom is -0.268 e. The van der Waals surface area contributed by atoms with E-state index in [4.69, 9.17) is 9.97 Å². The third-order valence-corrected chi connectivity index (χ3v) is 8.13. The third kappa shape index (κ3) is 2.79. The van der Waals surface area contributed by atoms with Gasteiger partial charge in [0.15, 0.2) is 10.8 Å². The van der Waals surface area contributed by atoms with Crippen molar-refractivity contribution in [2.75, 3.05) is 6.26 Å². The van der Waals surface area contributed by atoms with Crippen LogP contribution in [0.3, 0.4) is 0 Å². The van der Waals surface area contributed by atoms with Crippen molar-refractivity contribution in [3.63, 3.8) is 0 Å². The number of benzene rings is 1. The van der Waals surface area contributed by atoms with Crippen molar-refractivity contribution in [2.45, 2.75) is 55.5 Å². The molecule has 4 aliphatic carbocycles. The summed E-state index contributed by atoms with van der Waals surface area (Å²) < 4.78 is 1.80. The van der Waals surface area contributed by atoms with Crippen LogP contribution < -0.4 is 5.56 Å². The maximum absolute atomic E-state index is 12.8. The first-order valence-electron chi connectivity index (χ1n) is 10.7. The van der Waals surface area contributed by atoms with Crippen LogP contribution in [0, 0.1) is 17.8 Å². The van der Waals surface area contributed by atoms with Gasteiger partial charge in [-0.05, 0) is 68.1 Å². The van der Waals surface area contributed by atoms with E-state index in [1.54, 1.807) is 16.3 Å². The van der Waals surface area contributed by atoms with Gasteiger partial charge in [-0.15, -0.1) is 0 Å². The van der Waals surface area contributed by atoms with E-state index in [1.165, 1.54) is 38.5 Å². The summed E-state index contributed by atoms with van der Waals surface area (Å²) in [6.45, 7) is 0. The minimum absolute atomic E-state index is 0.0545. The highest BCUT2D eigenvalue weighted by molar-refractivity contribution is 7.98. The lowest BCUT2D eigenvalue weighted by Crippen LogP contribution is -2.49. The molecule has 29 heavy (non-hydrogen) atoms. The quantitative estimate of drug-likeness (QED) is 0.660. The molecule has 7 rings (SSSR count). The number of rotatable bonds is 4. The van der Waals surface area contributed by atoms with Crippen molar-refractivity contribution in [3.8, 4) is 0 Å². The third-order valence-electron chi connectivity index (χ3n) is 7.49. The van der Waals surface area contributed by atoms with Gasteiger partial charge < -0.3 is 0 Å². The molecule has 0 atom stereocenters. The Morgan fingerprint density at radius 1 is 1.07 bits per heavy atom. The number of fused-ring (bicyclic) bond motifs is 1. The van der Waals surface area contributed by atoms with E-state index in [0.29, 0.717) is 6.42 Å². The van der Waals surface area contributed by atoms with Gasteiger partial charge in [-0.1, -0.05) is 42.1 Å². The molecular formula is C23H26N4OS. The predicted octanol–water partition coefficient (Wildman–Crippen LogP) is 4.20. The van der Waals surface area contributed by atoms with Crippen LogP contribution in [0.15, 0.2) is 40.3 Å². The van der Waals surface area contributed by atoms with Crippen molar-refractivity contribution in [3.05, 3.63) is 57.6 Å².